The molecule has 2 aromatic rings. The average molecular weight is 424 g/mol. The molecule has 2 aromatic carbocycles. The number of anilines is 1. The summed E-state index contributed by atoms with van der Waals surface area (Å²) in [4.78, 5) is 13.0. The minimum Gasteiger partial charge on any atom is -0.450 e. The first kappa shape index (κ1) is 23.9. The second-order valence-corrected chi connectivity index (χ2v) is 8.52. The lowest BCUT2D eigenvalue weighted by Crippen LogP contribution is -2.14. The fourth-order valence-corrected chi connectivity index (χ4v) is 4.16. The third kappa shape index (κ3) is 9.89. The molecule has 160 valence electrons. The van der Waals surface area contributed by atoms with Crippen molar-refractivity contribution >= 4 is 23.5 Å². The Labute approximate surface area is 186 Å². The van der Waals surface area contributed by atoms with Crippen LogP contribution in [-0.2, 0) is 4.74 Å². The van der Waals surface area contributed by atoms with Gasteiger partial charge in [0.15, 0.2) is 0 Å². The predicted molar refractivity (Wildman–Crippen MR) is 128 cm³/mol. The van der Waals surface area contributed by atoms with Gasteiger partial charge >= 0.3 is 6.09 Å². The van der Waals surface area contributed by atoms with Crippen molar-refractivity contribution < 1.29 is 9.53 Å². The van der Waals surface area contributed by atoms with Crippen molar-refractivity contribution in [2.45, 2.75) is 57.3 Å². The lowest BCUT2D eigenvalue weighted by molar-refractivity contribution is 0.168. The molecule has 30 heavy (non-hydrogen) atoms. The second kappa shape index (κ2) is 14.6. The fourth-order valence-electron chi connectivity index (χ4n) is 3.06. The first-order chi connectivity index (χ1) is 14.7. The molecule has 1 N–H and O–H groups in total. The van der Waals surface area contributed by atoms with Gasteiger partial charge in [-0.1, -0.05) is 68.4 Å². The molecule has 3 nitrogen and oxygen atoms in total. The van der Waals surface area contributed by atoms with E-state index in [4.69, 9.17) is 4.74 Å². The summed E-state index contributed by atoms with van der Waals surface area (Å²) in [6, 6.07) is 18.2. The van der Waals surface area contributed by atoms with Crippen LogP contribution in [-0.4, -0.2) is 18.5 Å². The van der Waals surface area contributed by atoms with Gasteiger partial charge in [0.25, 0.3) is 0 Å². The quantitative estimate of drug-likeness (QED) is 0.233. The van der Waals surface area contributed by atoms with Gasteiger partial charge in [-0.25, -0.2) is 4.79 Å². The summed E-state index contributed by atoms with van der Waals surface area (Å²) in [6.07, 6.45) is 6.59. The van der Waals surface area contributed by atoms with E-state index in [1.165, 1.54) is 36.3 Å². The molecule has 1 amide bonds. The molecule has 0 unspecified atom stereocenters. The molecule has 0 heterocycles. The van der Waals surface area contributed by atoms with Crippen molar-refractivity contribution in [1.29, 1.82) is 0 Å². The highest BCUT2D eigenvalue weighted by molar-refractivity contribution is 7.99. The standard InChI is InChI=1S/C26H33NO2S/c1-3-29-26(28)27-25-19-13-12-16-23(25)15-9-6-4-5-8-14-22(2)20-21-30-24-17-10-7-11-18-24/h7,10-13,16-19,22H,3-6,8,14,20-21H2,1-2H3,(H,27,28)/t22-/m1/s1. The molecule has 0 aliphatic carbocycles. The van der Waals surface area contributed by atoms with Crippen molar-refractivity contribution in [2.24, 2.45) is 5.92 Å². The number of ether oxygens (including phenoxy) is 1. The average Bonchev–Trinajstić information content (AvgIpc) is 2.75. The maximum atomic E-state index is 11.6. The van der Waals surface area contributed by atoms with Gasteiger partial charge in [-0.3, -0.25) is 5.32 Å². The van der Waals surface area contributed by atoms with Crippen LogP contribution in [0.5, 0.6) is 0 Å². The number of rotatable bonds is 11. The smallest absolute Gasteiger partial charge is 0.411 e. The van der Waals surface area contributed by atoms with Crippen LogP contribution in [0.1, 0.15) is 57.9 Å². The predicted octanol–water partition coefficient (Wildman–Crippen LogP) is 7.38. The summed E-state index contributed by atoms with van der Waals surface area (Å²) < 4.78 is 4.94. The molecule has 0 aliphatic rings. The number of carbonyl (C=O) groups is 1. The minimum atomic E-state index is -0.442. The maximum absolute atomic E-state index is 11.6. The Bertz CT molecular complexity index is 811. The Balaban J connectivity index is 1.60. The number of unbranched alkanes of at least 4 members (excludes halogenated alkanes) is 3. The molecule has 0 fully saturated rings. The Morgan fingerprint density at radius 2 is 1.80 bits per heavy atom. The Hall–Kier alpha value is -2.38. The Morgan fingerprint density at radius 1 is 1.03 bits per heavy atom. The lowest BCUT2D eigenvalue weighted by Gasteiger charge is -2.10. The number of nitrogens with one attached hydrogen (secondary N) is 1. The van der Waals surface area contributed by atoms with E-state index in [0.29, 0.717) is 12.3 Å². The second-order valence-electron chi connectivity index (χ2n) is 7.35. The largest absolute Gasteiger partial charge is 0.450 e. The zero-order chi connectivity index (χ0) is 21.4. The first-order valence-electron chi connectivity index (χ1n) is 10.9. The molecule has 0 saturated carbocycles. The van der Waals surface area contributed by atoms with E-state index in [1.54, 1.807) is 6.92 Å². The van der Waals surface area contributed by atoms with E-state index in [0.717, 1.165) is 24.3 Å². The normalized spacial score (nSPS) is 11.3. The van der Waals surface area contributed by atoms with Crippen LogP contribution in [0.3, 0.4) is 0 Å². The van der Waals surface area contributed by atoms with Crippen LogP contribution in [0.15, 0.2) is 59.5 Å². The fraction of sp³-hybridized carbons (Fsp3) is 0.423. The number of amides is 1. The molecule has 0 radical (unpaired) electrons. The van der Waals surface area contributed by atoms with Crippen molar-refractivity contribution in [3.05, 3.63) is 60.2 Å². The van der Waals surface area contributed by atoms with E-state index < -0.39 is 6.09 Å². The number of carbonyl (C=O) groups excluding carboxylic acids is 1. The van der Waals surface area contributed by atoms with Gasteiger partial charge in [0, 0.05) is 16.9 Å². The van der Waals surface area contributed by atoms with E-state index in [9.17, 15) is 4.79 Å². The summed E-state index contributed by atoms with van der Waals surface area (Å²) in [6.45, 7) is 4.50. The zero-order valence-electron chi connectivity index (χ0n) is 18.2. The van der Waals surface area contributed by atoms with Crippen molar-refractivity contribution in [1.82, 2.24) is 0 Å². The number of hydrogen-bond acceptors (Lipinski definition) is 3. The first-order valence-corrected chi connectivity index (χ1v) is 11.9. The molecular weight excluding hydrogens is 390 g/mol. The molecule has 0 spiro atoms. The number of benzene rings is 2. The molecule has 2 rings (SSSR count). The zero-order valence-corrected chi connectivity index (χ0v) is 19.0. The van der Waals surface area contributed by atoms with Crippen LogP contribution >= 0.6 is 11.8 Å². The molecule has 1 atom stereocenters. The highest BCUT2D eigenvalue weighted by Gasteiger charge is 2.05. The summed E-state index contributed by atoms with van der Waals surface area (Å²) >= 11 is 1.95. The topological polar surface area (TPSA) is 38.3 Å². The van der Waals surface area contributed by atoms with E-state index in [1.807, 2.05) is 36.0 Å². The third-order valence-electron chi connectivity index (χ3n) is 4.78. The van der Waals surface area contributed by atoms with Crippen LogP contribution in [0, 0.1) is 17.8 Å². The molecule has 0 bridgehead atoms. The van der Waals surface area contributed by atoms with Crippen molar-refractivity contribution in [2.75, 3.05) is 17.7 Å². The number of hydrogen-bond donors (Lipinski definition) is 1. The monoisotopic (exact) mass is 423 g/mol. The molecular formula is C26H33NO2S. The SMILES string of the molecule is CCOC(=O)Nc1ccccc1C#CCCCCC[C@@H](C)CCSc1ccccc1. The highest BCUT2D eigenvalue weighted by atomic mass is 32.2. The Morgan fingerprint density at radius 3 is 2.60 bits per heavy atom. The Kier molecular flexibility index (Phi) is 11.6. The molecule has 0 aliphatic heterocycles. The van der Waals surface area contributed by atoms with Gasteiger partial charge < -0.3 is 4.74 Å². The van der Waals surface area contributed by atoms with E-state index in [-0.39, 0.29) is 0 Å². The van der Waals surface area contributed by atoms with Gasteiger partial charge in [0.1, 0.15) is 0 Å². The highest BCUT2D eigenvalue weighted by Crippen LogP contribution is 2.22. The molecule has 4 heteroatoms. The van der Waals surface area contributed by atoms with Crippen LogP contribution in [0.2, 0.25) is 0 Å². The van der Waals surface area contributed by atoms with Gasteiger partial charge in [0.2, 0.25) is 0 Å². The van der Waals surface area contributed by atoms with E-state index >= 15 is 0 Å². The molecule has 0 saturated heterocycles. The minimum absolute atomic E-state index is 0.351. The van der Waals surface area contributed by atoms with Crippen molar-refractivity contribution in [3.8, 4) is 11.8 Å². The number of para-hydroxylation sites is 1. The number of thioether (sulfide) groups is 1. The summed E-state index contributed by atoms with van der Waals surface area (Å²) in [5, 5.41) is 2.75. The van der Waals surface area contributed by atoms with Crippen LogP contribution < -0.4 is 5.32 Å². The maximum Gasteiger partial charge on any atom is 0.411 e. The van der Waals surface area contributed by atoms with Crippen LogP contribution in [0.25, 0.3) is 0 Å². The third-order valence-corrected chi connectivity index (χ3v) is 5.83. The van der Waals surface area contributed by atoms with Gasteiger partial charge in [-0.05, 0) is 55.7 Å². The van der Waals surface area contributed by atoms with Gasteiger partial charge in [0.05, 0.1) is 12.3 Å². The van der Waals surface area contributed by atoms with Crippen molar-refractivity contribution in [3.63, 3.8) is 0 Å². The van der Waals surface area contributed by atoms with Crippen LogP contribution in [0.4, 0.5) is 10.5 Å². The molecule has 0 aromatic heterocycles. The summed E-state index contributed by atoms with van der Waals surface area (Å²) in [5.74, 6) is 8.39. The summed E-state index contributed by atoms with van der Waals surface area (Å²) in [7, 11) is 0. The summed E-state index contributed by atoms with van der Waals surface area (Å²) in [5.41, 5.74) is 1.53. The lowest BCUT2D eigenvalue weighted by atomic mass is 10.0. The van der Waals surface area contributed by atoms with Gasteiger partial charge in [-0.2, -0.15) is 0 Å². The van der Waals surface area contributed by atoms with E-state index in [2.05, 4.69) is 54.4 Å². The van der Waals surface area contributed by atoms with Gasteiger partial charge in [-0.15, -0.1) is 11.8 Å².